The van der Waals surface area contributed by atoms with Gasteiger partial charge in [-0.1, -0.05) is 27.2 Å². The molecule has 1 N–H and O–H groups in total. The van der Waals surface area contributed by atoms with Crippen LogP contribution in [0, 0.1) is 11.3 Å². The van der Waals surface area contributed by atoms with Gasteiger partial charge in [-0.3, -0.25) is 0 Å². The SMILES string of the molecule is CCOC(C(NC)C1CCCC(S(C)(=O)=O)C1)C(C)(C)C. The van der Waals surface area contributed by atoms with Crippen molar-refractivity contribution >= 4 is 9.84 Å². The monoisotopic (exact) mass is 319 g/mol. The Morgan fingerprint density at radius 1 is 1.29 bits per heavy atom. The lowest BCUT2D eigenvalue weighted by Crippen LogP contribution is -2.52. The van der Waals surface area contributed by atoms with Crippen molar-refractivity contribution in [2.45, 2.75) is 70.8 Å². The van der Waals surface area contributed by atoms with Gasteiger partial charge in [0.15, 0.2) is 0 Å². The van der Waals surface area contributed by atoms with E-state index in [1.165, 1.54) is 6.26 Å². The molecule has 1 fully saturated rings. The number of hydrogen-bond donors (Lipinski definition) is 1. The molecule has 1 aliphatic carbocycles. The molecule has 4 nitrogen and oxygen atoms in total. The van der Waals surface area contributed by atoms with Gasteiger partial charge in [0.2, 0.25) is 0 Å². The summed E-state index contributed by atoms with van der Waals surface area (Å²) in [6.07, 6.45) is 5.10. The molecule has 0 heterocycles. The van der Waals surface area contributed by atoms with Gasteiger partial charge < -0.3 is 10.1 Å². The Morgan fingerprint density at radius 2 is 1.90 bits per heavy atom. The second-order valence-corrected chi connectivity index (χ2v) is 9.76. The van der Waals surface area contributed by atoms with Crippen LogP contribution in [-0.2, 0) is 14.6 Å². The Labute approximate surface area is 130 Å². The number of sulfone groups is 1. The van der Waals surface area contributed by atoms with Crippen LogP contribution in [0.4, 0.5) is 0 Å². The molecule has 0 radical (unpaired) electrons. The largest absolute Gasteiger partial charge is 0.376 e. The van der Waals surface area contributed by atoms with Gasteiger partial charge in [-0.2, -0.15) is 0 Å². The molecule has 1 rings (SSSR count). The molecule has 4 unspecified atom stereocenters. The van der Waals surface area contributed by atoms with Crippen LogP contribution >= 0.6 is 0 Å². The van der Waals surface area contributed by atoms with Crippen molar-refractivity contribution in [1.29, 1.82) is 0 Å². The number of hydrogen-bond acceptors (Lipinski definition) is 4. The van der Waals surface area contributed by atoms with Gasteiger partial charge in [0.05, 0.1) is 11.4 Å². The van der Waals surface area contributed by atoms with Gasteiger partial charge in [0.25, 0.3) is 0 Å². The van der Waals surface area contributed by atoms with Gasteiger partial charge in [0, 0.05) is 18.9 Å². The molecular formula is C16H33NO3S. The molecule has 0 aliphatic heterocycles. The summed E-state index contributed by atoms with van der Waals surface area (Å²) in [4.78, 5) is 0. The van der Waals surface area contributed by atoms with E-state index in [0.717, 1.165) is 25.7 Å². The lowest BCUT2D eigenvalue weighted by atomic mass is 9.74. The number of likely N-dealkylation sites (N-methyl/N-ethyl adjacent to an activating group) is 1. The second kappa shape index (κ2) is 7.42. The lowest BCUT2D eigenvalue weighted by Gasteiger charge is -2.42. The van der Waals surface area contributed by atoms with Crippen LogP contribution in [0.1, 0.15) is 53.4 Å². The van der Waals surface area contributed by atoms with Crippen LogP contribution in [0.25, 0.3) is 0 Å². The zero-order valence-electron chi connectivity index (χ0n) is 14.5. The fraction of sp³-hybridized carbons (Fsp3) is 1.00. The van der Waals surface area contributed by atoms with E-state index in [1.54, 1.807) is 0 Å². The second-order valence-electron chi connectivity index (χ2n) is 7.43. The topological polar surface area (TPSA) is 55.4 Å². The Kier molecular flexibility index (Phi) is 6.69. The highest BCUT2D eigenvalue weighted by Gasteiger charge is 2.40. The number of ether oxygens (including phenoxy) is 1. The maximum atomic E-state index is 11.9. The van der Waals surface area contributed by atoms with E-state index in [2.05, 4.69) is 26.1 Å². The molecule has 21 heavy (non-hydrogen) atoms. The third-order valence-electron chi connectivity index (χ3n) is 4.64. The summed E-state index contributed by atoms with van der Waals surface area (Å²) >= 11 is 0. The third-order valence-corrected chi connectivity index (χ3v) is 6.28. The molecular weight excluding hydrogens is 286 g/mol. The van der Waals surface area contributed by atoms with E-state index in [0.29, 0.717) is 12.5 Å². The molecule has 1 saturated carbocycles. The Morgan fingerprint density at radius 3 is 2.33 bits per heavy atom. The molecule has 5 heteroatoms. The van der Waals surface area contributed by atoms with Crippen LogP contribution < -0.4 is 5.32 Å². The summed E-state index contributed by atoms with van der Waals surface area (Å²) in [5, 5.41) is 3.23. The quantitative estimate of drug-likeness (QED) is 0.818. The molecule has 0 aromatic rings. The van der Waals surface area contributed by atoms with Crippen molar-refractivity contribution < 1.29 is 13.2 Å². The Hall–Kier alpha value is -0.130. The summed E-state index contributed by atoms with van der Waals surface area (Å²) in [6, 6.07) is 0.203. The third kappa shape index (κ3) is 5.22. The van der Waals surface area contributed by atoms with Gasteiger partial charge >= 0.3 is 0 Å². The fourth-order valence-electron chi connectivity index (χ4n) is 3.60. The van der Waals surface area contributed by atoms with Crippen molar-refractivity contribution in [3.8, 4) is 0 Å². The van der Waals surface area contributed by atoms with E-state index < -0.39 is 9.84 Å². The van der Waals surface area contributed by atoms with Crippen LogP contribution in [0.15, 0.2) is 0 Å². The van der Waals surface area contributed by atoms with E-state index in [1.807, 2.05) is 14.0 Å². The molecule has 4 atom stereocenters. The first kappa shape index (κ1) is 18.9. The number of rotatable bonds is 6. The highest BCUT2D eigenvalue weighted by molar-refractivity contribution is 7.91. The summed E-state index contributed by atoms with van der Waals surface area (Å²) in [6.45, 7) is 9.27. The molecule has 0 amide bonds. The molecule has 0 saturated heterocycles. The lowest BCUT2D eigenvalue weighted by molar-refractivity contribution is -0.0507. The van der Waals surface area contributed by atoms with Crippen molar-refractivity contribution in [3.63, 3.8) is 0 Å². The van der Waals surface area contributed by atoms with Crippen molar-refractivity contribution in [1.82, 2.24) is 5.32 Å². The number of nitrogens with one attached hydrogen (secondary N) is 1. The van der Waals surface area contributed by atoms with Gasteiger partial charge in [-0.15, -0.1) is 0 Å². The average molecular weight is 320 g/mol. The zero-order valence-corrected chi connectivity index (χ0v) is 15.3. The summed E-state index contributed by atoms with van der Waals surface area (Å²) < 4.78 is 29.8. The maximum Gasteiger partial charge on any atom is 0.150 e. The molecule has 0 bridgehead atoms. The van der Waals surface area contributed by atoms with E-state index in [9.17, 15) is 8.42 Å². The highest BCUT2D eigenvalue weighted by atomic mass is 32.2. The van der Waals surface area contributed by atoms with Gasteiger partial charge in [-0.05, 0) is 44.6 Å². The standard InChI is InChI=1S/C16H33NO3S/c1-7-20-15(16(2,3)4)14(17-5)12-9-8-10-13(11-12)21(6,18)19/h12-15,17H,7-11H2,1-6H3. The minimum absolute atomic E-state index is 0.0295. The van der Waals surface area contributed by atoms with E-state index in [4.69, 9.17) is 4.74 Å². The zero-order chi connectivity index (χ0) is 16.3. The minimum Gasteiger partial charge on any atom is -0.376 e. The normalized spacial score (nSPS) is 27.3. The molecule has 0 aromatic carbocycles. The van der Waals surface area contributed by atoms with E-state index in [-0.39, 0.29) is 22.8 Å². The van der Waals surface area contributed by atoms with Crippen LogP contribution in [0.2, 0.25) is 0 Å². The first-order valence-electron chi connectivity index (χ1n) is 8.09. The smallest absolute Gasteiger partial charge is 0.150 e. The molecule has 126 valence electrons. The highest BCUT2D eigenvalue weighted by Crippen LogP contribution is 2.36. The van der Waals surface area contributed by atoms with Crippen molar-refractivity contribution in [3.05, 3.63) is 0 Å². The first-order chi connectivity index (χ1) is 9.61. The van der Waals surface area contributed by atoms with Crippen LogP contribution in [-0.4, -0.2) is 45.7 Å². The minimum atomic E-state index is -2.94. The first-order valence-corrected chi connectivity index (χ1v) is 10.0. The fourth-order valence-corrected chi connectivity index (χ4v) is 4.79. The molecule has 1 aliphatic rings. The summed E-state index contributed by atoms with van der Waals surface area (Å²) in [5.74, 6) is 0.360. The summed E-state index contributed by atoms with van der Waals surface area (Å²) in [7, 11) is -0.978. The van der Waals surface area contributed by atoms with Gasteiger partial charge in [0.1, 0.15) is 9.84 Å². The molecule has 0 spiro atoms. The van der Waals surface area contributed by atoms with Crippen LogP contribution in [0.3, 0.4) is 0 Å². The summed E-state index contributed by atoms with van der Waals surface area (Å²) in [5.41, 5.74) is 0.0295. The predicted molar refractivity (Wildman–Crippen MR) is 88.3 cm³/mol. The Balaban J connectivity index is 2.92. The van der Waals surface area contributed by atoms with Crippen molar-refractivity contribution in [2.24, 2.45) is 11.3 Å². The van der Waals surface area contributed by atoms with Crippen molar-refractivity contribution in [2.75, 3.05) is 19.9 Å². The average Bonchev–Trinajstić information content (AvgIpc) is 2.37. The van der Waals surface area contributed by atoms with Gasteiger partial charge in [-0.25, -0.2) is 8.42 Å². The Bertz CT molecular complexity index is 414. The molecule has 0 aromatic heterocycles. The van der Waals surface area contributed by atoms with Crippen LogP contribution in [0.5, 0.6) is 0 Å². The maximum absolute atomic E-state index is 11.9. The predicted octanol–water partition coefficient (Wildman–Crippen LogP) is 2.63. The van der Waals surface area contributed by atoms with E-state index >= 15 is 0 Å².